The Morgan fingerprint density at radius 3 is 2.59 bits per heavy atom. The number of anilines is 1. The highest BCUT2D eigenvalue weighted by molar-refractivity contribution is 6.31. The van der Waals surface area contributed by atoms with Gasteiger partial charge in [0.25, 0.3) is 5.91 Å². The van der Waals surface area contributed by atoms with Crippen molar-refractivity contribution in [3.63, 3.8) is 0 Å². The third-order valence-electron chi connectivity index (χ3n) is 5.27. The molecule has 0 spiro atoms. The zero-order chi connectivity index (χ0) is 23.3. The van der Waals surface area contributed by atoms with E-state index in [2.05, 4.69) is 11.4 Å². The molecule has 3 rings (SSSR count). The molecular formula is C25H26ClN3O3. The molecule has 0 unspecified atom stereocenters. The normalized spacial score (nSPS) is 13.5. The predicted octanol–water partition coefficient (Wildman–Crippen LogP) is 5.80. The molecule has 1 fully saturated rings. The first-order valence-electron chi connectivity index (χ1n) is 10.5. The van der Waals surface area contributed by atoms with Crippen molar-refractivity contribution in [2.24, 2.45) is 0 Å². The summed E-state index contributed by atoms with van der Waals surface area (Å²) in [5, 5.41) is 12.5. The second kappa shape index (κ2) is 10.3. The summed E-state index contributed by atoms with van der Waals surface area (Å²) in [7, 11) is 0. The number of carbonyl (C=O) groups is 2. The lowest BCUT2D eigenvalue weighted by atomic mass is 9.98. The molecule has 0 atom stereocenters. The summed E-state index contributed by atoms with van der Waals surface area (Å²) in [5.41, 5.74) is 4.48. The van der Waals surface area contributed by atoms with Gasteiger partial charge in [-0.05, 0) is 75.1 Å². The van der Waals surface area contributed by atoms with Crippen molar-refractivity contribution in [1.29, 1.82) is 5.26 Å². The molecule has 0 radical (unpaired) electrons. The van der Waals surface area contributed by atoms with Crippen LogP contribution < -0.4 is 5.32 Å². The van der Waals surface area contributed by atoms with E-state index in [0.717, 1.165) is 24.0 Å². The van der Waals surface area contributed by atoms with Crippen molar-refractivity contribution in [1.82, 2.24) is 4.90 Å². The van der Waals surface area contributed by atoms with Gasteiger partial charge in [-0.3, -0.25) is 4.79 Å². The molecule has 2 aromatic rings. The molecule has 2 aromatic carbocycles. The molecule has 6 nitrogen and oxygen atoms in total. The monoisotopic (exact) mass is 451 g/mol. The quantitative estimate of drug-likeness (QED) is 0.637. The molecule has 1 heterocycles. The molecule has 1 N–H and O–H groups in total. The van der Waals surface area contributed by atoms with Gasteiger partial charge in [0, 0.05) is 29.4 Å². The van der Waals surface area contributed by atoms with Crippen LogP contribution in [-0.2, 0) is 4.74 Å². The predicted molar refractivity (Wildman–Crippen MR) is 126 cm³/mol. The molecule has 1 saturated heterocycles. The molecule has 166 valence electrons. The van der Waals surface area contributed by atoms with Crippen molar-refractivity contribution >= 4 is 35.4 Å². The van der Waals surface area contributed by atoms with Gasteiger partial charge in [-0.1, -0.05) is 29.3 Å². The van der Waals surface area contributed by atoms with E-state index >= 15 is 0 Å². The summed E-state index contributed by atoms with van der Waals surface area (Å²) in [6, 6.07) is 12.2. The zero-order valence-electron chi connectivity index (χ0n) is 18.4. The van der Waals surface area contributed by atoms with Gasteiger partial charge < -0.3 is 15.0 Å². The van der Waals surface area contributed by atoms with E-state index in [1.807, 2.05) is 32.9 Å². The van der Waals surface area contributed by atoms with Crippen molar-refractivity contribution in [2.45, 2.75) is 39.7 Å². The number of hydrogen-bond acceptors (Lipinski definition) is 4. The SMILES string of the molecule is Cc1c(C=C2CCN(C(=O)OC(C)C)CC2)cc(Cl)cc1NC(=O)c1cccc(C#N)c1. The number of nitriles is 1. The number of benzene rings is 2. The number of ether oxygens (including phenoxy) is 1. The van der Waals surface area contributed by atoms with Crippen molar-refractivity contribution in [3.8, 4) is 6.07 Å². The van der Waals surface area contributed by atoms with Gasteiger partial charge in [0.2, 0.25) is 0 Å². The van der Waals surface area contributed by atoms with E-state index in [1.165, 1.54) is 5.57 Å². The number of nitrogens with zero attached hydrogens (tertiary/aromatic N) is 2. The van der Waals surface area contributed by atoms with Gasteiger partial charge in [0.15, 0.2) is 0 Å². The minimum atomic E-state index is -0.303. The molecule has 1 aliphatic rings. The first-order chi connectivity index (χ1) is 15.3. The Balaban J connectivity index is 1.75. The smallest absolute Gasteiger partial charge is 0.410 e. The maximum atomic E-state index is 12.7. The third kappa shape index (κ3) is 5.89. The average Bonchev–Trinajstić information content (AvgIpc) is 2.77. The number of likely N-dealkylation sites (tertiary alicyclic amines) is 1. The molecule has 2 amide bonds. The van der Waals surface area contributed by atoms with Crippen LogP contribution >= 0.6 is 11.6 Å². The van der Waals surface area contributed by atoms with E-state index in [1.54, 1.807) is 35.2 Å². The Bertz CT molecular complexity index is 1090. The topological polar surface area (TPSA) is 82.4 Å². The highest BCUT2D eigenvalue weighted by atomic mass is 35.5. The molecule has 32 heavy (non-hydrogen) atoms. The second-order valence-corrected chi connectivity index (χ2v) is 8.47. The maximum Gasteiger partial charge on any atom is 0.410 e. The van der Waals surface area contributed by atoms with Crippen molar-refractivity contribution in [3.05, 3.63) is 69.2 Å². The molecule has 1 aliphatic heterocycles. The first kappa shape index (κ1) is 23.4. The van der Waals surface area contributed by atoms with Crippen LogP contribution in [0.2, 0.25) is 5.02 Å². The van der Waals surface area contributed by atoms with E-state index in [-0.39, 0.29) is 18.1 Å². The van der Waals surface area contributed by atoms with Crippen molar-refractivity contribution in [2.75, 3.05) is 18.4 Å². The van der Waals surface area contributed by atoms with Crippen LogP contribution in [0.4, 0.5) is 10.5 Å². The molecule has 0 bridgehead atoms. The molecule has 0 saturated carbocycles. The second-order valence-electron chi connectivity index (χ2n) is 8.04. The van der Waals surface area contributed by atoms with E-state index in [4.69, 9.17) is 21.6 Å². The molecular weight excluding hydrogens is 426 g/mol. The van der Waals surface area contributed by atoms with Gasteiger partial charge >= 0.3 is 6.09 Å². The van der Waals surface area contributed by atoms with E-state index in [0.29, 0.717) is 34.9 Å². The van der Waals surface area contributed by atoms with Gasteiger partial charge in [0.1, 0.15) is 0 Å². The van der Waals surface area contributed by atoms with Crippen LogP contribution in [0, 0.1) is 18.3 Å². The van der Waals surface area contributed by atoms with Gasteiger partial charge in [0.05, 0.1) is 17.7 Å². The minimum absolute atomic E-state index is 0.135. The fourth-order valence-electron chi connectivity index (χ4n) is 3.52. The van der Waals surface area contributed by atoms with Gasteiger partial charge in [-0.25, -0.2) is 4.79 Å². The lowest BCUT2D eigenvalue weighted by Gasteiger charge is -2.28. The lowest BCUT2D eigenvalue weighted by molar-refractivity contribution is 0.0746. The Hall–Kier alpha value is -3.30. The number of carbonyl (C=O) groups excluding carboxylic acids is 2. The van der Waals surface area contributed by atoms with E-state index < -0.39 is 0 Å². The summed E-state index contributed by atoms with van der Waals surface area (Å²) >= 11 is 6.34. The number of halogens is 1. The largest absolute Gasteiger partial charge is 0.447 e. The molecule has 7 heteroatoms. The number of hydrogen-bond donors (Lipinski definition) is 1. The van der Waals surface area contributed by atoms with Crippen LogP contribution in [0.5, 0.6) is 0 Å². The van der Waals surface area contributed by atoms with Gasteiger partial charge in [-0.15, -0.1) is 0 Å². The Kier molecular flexibility index (Phi) is 7.55. The highest BCUT2D eigenvalue weighted by Crippen LogP contribution is 2.29. The zero-order valence-corrected chi connectivity index (χ0v) is 19.2. The average molecular weight is 452 g/mol. The summed E-state index contributed by atoms with van der Waals surface area (Å²) in [5.74, 6) is -0.303. The number of rotatable bonds is 4. The number of amides is 2. The van der Waals surface area contributed by atoms with Crippen LogP contribution in [0.1, 0.15) is 53.7 Å². The van der Waals surface area contributed by atoms with E-state index in [9.17, 15) is 9.59 Å². The number of piperidine rings is 1. The molecule has 0 aromatic heterocycles. The Morgan fingerprint density at radius 2 is 1.94 bits per heavy atom. The standard InChI is InChI=1S/C25H26ClN3O3/c1-16(2)32-25(31)29-9-7-18(8-10-29)11-21-13-22(26)14-23(17(21)3)28-24(30)20-6-4-5-19(12-20)15-27/h4-6,11-14,16H,7-10H2,1-3H3,(H,28,30). The Labute approximate surface area is 193 Å². The maximum absolute atomic E-state index is 12.7. The lowest BCUT2D eigenvalue weighted by Crippen LogP contribution is -2.37. The Morgan fingerprint density at radius 1 is 1.22 bits per heavy atom. The van der Waals surface area contributed by atoms with Gasteiger partial charge in [-0.2, -0.15) is 5.26 Å². The minimum Gasteiger partial charge on any atom is -0.447 e. The fourth-order valence-corrected chi connectivity index (χ4v) is 3.75. The van der Waals surface area contributed by atoms with Crippen LogP contribution in [0.25, 0.3) is 6.08 Å². The van der Waals surface area contributed by atoms with Crippen LogP contribution in [0.15, 0.2) is 42.0 Å². The van der Waals surface area contributed by atoms with Crippen LogP contribution in [-0.4, -0.2) is 36.1 Å². The first-order valence-corrected chi connectivity index (χ1v) is 10.9. The highest BCUT2D eigenvalue weighted by Gasteiger charge is 2.21. The fraction of sp³-hybridized carbons (Fsp3) is 0.320. The van der Waals surface area contributed by atoms with Crippen molar-refractivity contribution < 1.29 is 14.3 Å². The molecule has 0 aliphatic carbocycles. The summed E-state index contributed by atoms with van der Waals surface area (Å²) < 4.78 is 5.27. The summed E-state index contributed by atoms with van der Waals surface area (Å²) in [4.78, 5) is 26.5. The summed E-state index contributed by atoms with van der Waals surface area (Å²) in [6.45, 7) is 6.82. The number of nitrogens with one attached hydrogen (secondary N) is 1. The van der Waals surface area contributed by atoms with Crippen LogP contribution in [0.3, 0.4) is 0 Å². The third-order valence-corrected chi connectivity index (χ3v) is 5.49. The summed E-state index contributed by atoms with van der Waals surface area (Å²) in [6.07, 6.45) is 3.18.